The summed E-state index contributed by atoms with van der Waals surface area (Å²) in [6, 6.07) is 14.5. The van der Waals surface area contributed by atoms with Crippen molar-refractivity contribution in [1.82, 2.24) is 15.0 Å². The van der Waals surface area contributed by atoms with Crippen molar-refractivity contribution in [1.29, 1.82) is 0 Å². The molecule has 0 radical (unpaired) electrons. The molecule has 0 saturated heterocycles. The van der Waals surface area contributed by atoms with Gasteiger partial charge in [0.05, 0.1) is 11.2 Å². The average molecular weight is 356 g/mol. The van der Waals surface area contributed by atoms with E-state index in [0.717, 1.165) is 20.9 Å². The number of hydrogen-bond donors (Lipinski definition) is 2. The molecule has 0 spiro atoms. The van der Waals surface area contributed by atoms with Gasteiger partial charge < -0.3 is 10.2 Å². The van der Waals surface area contributed by atoms with Crippen molar-refractivity contribution >= 4 is 37.7 Å². The summed E-state index contributed by atoms with van der Waals surface area (Å²) in [6.45, 7) is 0. The summed E-state index contributed by atoms with van der Waals surface area (Å²) < 4.78 is 2.53. The maximum Gasteiger partial charge on any atom is 0.165 e. The largest absolute Gasteiger partial charge is 0.504 e. The number of hydrogen-bond acceptors (Lipinski definition) is 4. The molecule has 0 bridgehead atoms. The topological polar surface area (TPSA) is 71.2 Å². The van der Waals surface area contributed by atoms with Crippen LogP contribution in [-0.4, -0.2) is 25.2 Å². The summed E-state index contributed by atoms with van der Waals surface area (Å²) >= 11 is 3.43. The van der Waals surface area contributed by atoms with Gasteiger partial charge in [0.25, 0.3) is 0 Å². The molecule has 108 valence electrons. The van der Waals surface area contributed by atoms with Crippen LogP contribution in [0.5, 0.6) is 11.5 Å². The summed E-state index contributed by atoms with van der Waals surface area (Å²) in [5, 5.41) is 29.7. The van der Waals surface area contributed by atoms with E-state index >= 15 is 0 Å². The number of nitrogens with zero attached hydrogens (tertiary/aromatic N) is 3. The SMILES string of the molecule is Oc1cc(-n2nnc3ccccc32)c2cc(Br)ccc2c1O. The van der Waals surface area contributed by atoms with Crippen LogP contribution in [0, 0.1) is 0 Å². The van der Waals surface area contributed by atoms with Crippen LogP contribution in [-0.2, 0) is 0 Å². The quantitative estimate of drug-likeness (QED) is 0.510. The number of benzene rings is 3. The Morgan fingerprint density at radius 3 is 2.64 bits per heavy atom. The molecule has 4 aromatic rings. The van der Waals surface area contributed by atoms with E-state index in [0.29, 0.717) is 11.1 Å². The molecule has 1 heterocycles. The van der Waals surface area contributed by atoms with E-state index in [4.69, 9.17) is 0 Å². The Balaban J connectivity index is 2.14. The molecule has 5 nitrogen and oxygen atoms in total. The molecular weight excluding hydrogens is 346 g/mol. The van der Waals surface area contributed by atoms with Gasteiger partial charge in [0, 0.05) is 21.3 Å². The molecule has 2 N–H and O–H groups in total. The van der Waals surface area contributed by atoms with Gasteiger partial charge in [-0.2, -0.15) is 0 Å². The third-order valence-electron chi connectivity index (χ3n) is 3.61. The van der Waals surface area contributed by atoms with E-state index in [1.807, 2.05) is 36.4 Å². The molecule has 0 aliphatic rings. The lowest BCUT2D eigenvalue weighted by Gasteiger charge is -2.11. The molecule has 4 rings (SSSR count). The second kappa shape index (κ2) is 4.71. The van der Waals surface area contributed by atoms with E-state index in [1.165, 1.54) is 6.07 Å². The normalized spacial score (nSPS) is 11.3. The van der Waals surface area contributed by atoms with Crippen LogP contribution in [0.4, 0.5) is 0 Å². The van der Waals surface area contributed by atoms with E-state index < -0.39 is 0 Å². The first kappa shape index (κ1) is 13.1. The van der Waals surface area contributed by atoms with Gasteiger partial charge in [0.15, 0.2) is 11.5 Å². The molecule has 0 saturated carbocycles. The fraction of sp³-hybridized carbons (Fsp3) is 0. The summed E-state index contributed by atoms with van der Waals surface area (Å²) in [5.41, 5.74) is 2.24. The highest BCUT2D eigenvalue weighted by Gasteiger charge is 2.15. The second-order valence-electron chi connectivity index (χ2n) is 4.94. The molecule has 3 aromatic carbocycles. The average Bonchev–Trinajstić information content (AvgIpc) is 2.95. The number of phenols is 2. The minimum absolute atomic E-state index is 0.143. The Hall–Kier alpha value is -2.60. The second-order valence-corrected chi connectivity index (χ2v) is 5.86. The minimum atomic E-state index is -0.190. The third kappa shape index (κ3) is 1.84. The predicted octanol–water partition coefficient (Wildman–Crippen LogP) is 3.75. The lowest BCUT2D eigenvalue weighted by Crippen LogP contribution is -1.98. The molecule has 1 aromatic heterocycles. The van der Waals surface area contributed by atoms with Crippen molar-refractivity contribution in [3.05, 3.63) is 53.0 Å². The smallest absolute Gasteiger partial charge is 0.165 e. The first-order chi connectivity index (χ1) is 10.6. The number of para-hydroxylation sites is 1. The zero-order valence-electron chi connectivity index (χ0n) is 11.2. The van der Waals surface area contributed by atoms with Gasteiger partial charge >= 0.3 is 0 Å². The summed E-state index contributed by atoms with van der Waals surface area (Å²) in [6.07, 6.45) is 0. The van der Waals surface area contributed by atoms with E-state index in [-0.39, 0.29) is 11.5 Å². The van der Waals surface area contributed by atoms with Gasteiger partial charge in [0.2, 0.25) is 0 Å². The standard InChI is InChI=1S/C16H10BrN3O2/c17-9-5-6-10-11(7-9)14(8-15(21)16(10)22)20-13-4-2-1-3-12(13)18-19-20/h1-8,21-22H. The van der Waals surface area contributed by atoms with Crippen LogP contribution in [0.1, 0.15) is 0 Å². The Morgan fingerprint density at radius 2 is 1.77 bits per heavy atom. The van der Waals surface area contributed by atoms with Gasteiger partial charge in [-0.3, -0.25) is 0 Å². The van der Waals surface area contributed by atoms with E-state index in [2.05, 4.69) is 26.2 Å². The summed E-state index contributed by atoms with van der Waals surface area (Å²) in [4.78, 5) is 0. The number of aromatic nitrogens is 3. The number of rotatable bonds is 1. The minimum Gasteiger partial charge on any atom is -0.504 e. The molecule has 0 aliphatic carbocycles. The van der Waals surface area contributed by atoms with Crippen molar-refractivity contribution in [3.63, 3.8) is 0 Å². The van der Waals surface area contributed by atoms with Crippen LogP contribution in [0.2, 0.25) is 0 Å². The van der Waals surface area contributed by atoms with Gasteiger partial charge in [-0.15, -0.1) is 5.10 Å². The highest BCUT2D eigenvalue weighted by atomic mass is 79.9. The zero-order chi connectivity index (χ0) is 15.3. The van der Waals surface area contributed by atoms with Crippen molar-refractivity contribution in [3.8, 4) is 17.2 Å². The first-order valence-electron chi connectivity index (χ1n) is 6.60. The Morgan fingerprint density at radius 1 is 0.955 bits per heavy atom. The van der Waals surface area contributed by atoms with E-state index in [1.54, 1.807) is 10.7 Å². The lowest BCUT2D eigenvalue weighted by atomic mass is 10.1. The summed E-state index contributed by atoms with van der Waals surface area (Å²) in [5.74, 6) is -0.333. The predicted molar refractivity (Wildman–Crippen MR) is 87.4 cm³/mol. The number of fused-ring (bicyclic) bond motifs is 2. The number of halogens is 1. The van der Waals surface area contributed by atoms with E-state index in [9.17, 15) is 10.2 Å². The highest BCUT2D eigenvalue weighted by Crippen LogP contribution is 2.39. The Bertz CT molecular complexity index is 1030. The maximum absolute atomic E-state index is 10.1. The zero-order valence-corrected chi connectivity index (χ0v) is 12.8. The van der Waals surface area contributed by atoms with Crippen LogP contribution in [0.3, 0.4) is 0 Å². The third-order valence-corrected chi connectivity index (χ3v) is 4.10. The van der Waals surface area contributed by atoms with Crippen LogP contribution in [0.15, 0.2) is 53.0 Å². The van der Waals surface area contributed by atoms with Crippen molar-refractivity contribution in [2.75, 3.05) is 0 Å². The molecule has 0 fully saturated rings. The summed E-state index contributed by atoms with van der Waals surface area (Å²) in [7, 11) is 0. The van der Waals surface area contributed by atoms with Crippen molar-refractivity contribution < 1.29 is 10.2 Å². The maximum atomic E-state index is 10.1. The highest BCUT2D eigenvalue weighted by molar-refractivity contribution is 9.10. The van der Waals surface area contributed by atoms with Gasteiger partial charge in [-0.25, -0.2) is 4.68 Å². The molecule has 0 unspecified atom stereocenters. The van der Waals surface area contributed by atoms with Crippen molar-refractivity contribution in [2.24, 2.45) is 0 Å². The van der Waals surface area contributed by atoms with Crippen LogP contribution in [0.25, 0.3) is 27.5 Å². The van der Waals surface area contributed by atoms with Gasteiger partial charge in [0.1, 0.15) is 5.52 Å². The van der Waals surface area contributed by atoms with Crippen LogP contribution < -0.4 is 0 Å². The fourth-order valence-electron chi connectivity index (χ4n) is 2.57. The Kier molecular flexibility index (Phi) is 2.80. The molecule has 0 amide bonds. The molecule has 6 heteroatoms. The Labute approximate surface area is 133 Å². The number of aromatic hydroxyl groups is 2. The van der Waals surface area contributed by atoms with Gasteiger partial charge in [-0.1, -0.05) is 33.3 Å². The fourth-order valence-corrected chi connectivity index (χ4v) is 2.93. The molecular formula is C16H10BrN3O2. The molecule has 0 aliphatic heterocycles. The molecule has 22 heavy (non-hydrogen) atoms. The first-order valence-corrected chi connectivity index (χ1v) is 7.39. The van der Waals surface area contributed by atoms with Crippen LogP contribution >= 0.6 is 15.9 Å². The molecule has 0 atom stereocenters. The lowest BCUT2D eigenvalue weighted by molar-refractivity contribution is 0.408. The number of phenolic OH excluding ortho intramolecular Hbond substituents is 2. The van der Waals surface area contributed by atoms with Crippen molar-refractivity contribution in [2.45, 2.75) is 0 Å². The van der Waals surface area contributed by atoms with Gasteiger partial charge in [-0.05, 0) is 30.3 Å². The monoisotopic (exact) mass is 355 g/mol.